The van der Waals surface area contributed by atoms with Crippen LogP contribution in [0.15, 0.2) is 24.3 Å². The molecule has 0 atom stereocenters. The summed E-state index contributed by atoms with van der Waals surface area (Å²) in [5.41, 5.74) is 2.23. The van der Waals surface area contributed by atoms with Crippen molar-refractivity contribution in [2.45, 2.75) is 25.7 Å². The van der Waals surface area contributed by atoms with Crippen molar-refractivity contribution >= 4 is 12.6 Å². The molecule has 1 N–H and O–H groups in total. The molecule has 2 rings (SSSR count). The van der Waals surface area contributed by atoms with E-state index in [2.05, 4.69) is 12.1 Å². The number of rotatable bonds is 4. The summed E-state index contributed by atoms with van der Waals surface area (Å²) in [7, 11) is -0.770. The molecule has 1 aliphatic rings. The lowest BCUT2D eigenvalue weighted by Crippen LogP contribution is -2.33. The molecular formula is C11H15BO2. The van der Waals surface area contributed by atoms with Crippen molar-refractivity contribution in [2.24, 2.45) is 0 Å². The van der Waals surface area contributed by atoms with Gasteiger partial charge in [0.25, 0.3) is 0 Å². The van der Waals surface area contributed by atoms with Gasteiger partial charge in [0.05, 0.1) is 0 Å². The maximum Gasteiger partial charge on any atom is 0.491 e. The summed E-state index contributed by atoms with van der Waals surface area (Å²) in [6, 6.07) is 8.09. The van der Waals surface area contributed by atoms with Gasteiger partial charge in [0.2, 0.25) is 0 Å². The molecule has 14 heavy (non-hydrogen) atoms. The first kappa shape index (κ1) is 9.75. The molecule has 74 valence electrons. The standard InChI is InChI=1S/C11H15BO2/c1-2-14-12(13)11-7-5-10(6-8-11)9-3-4-9/h5-9,13H,2-4H2,1H3. The Morgan fingerprint density at radius 3 is 2.50 bits per heavy atom. The zero-order valence-corrected chi connectivity index (χ0v) is 8.44. The van der Waals surface area contributed by atoms with Crippen LogP contribution in [0.5, 0.6) is 0 Å². The van der Waals surface area contributed by atoms with Crippen molar-refractivity contribution in [3.05, 3.63) is 29.8 Å². The van der Waals surface area contributed by atoms with Crippen LogP contribution < -0.4 is 5.46 Å². The van der Waals surface area contributed by atoms with Gasteiger partial charge in [0.15, 0.2) is 0 Å². The minimum Gasteiger partial charge on any atom is -0.423 e. The Labute approximate surface area is 85.1 Å². The van der Waals surface area contributed by atoms with Gasteiger partial charge >= 0.3 is 7.12 Å². The van der Waals surface area contributed by atoms with E-state index in [0.29, 0.717) is 6.61 Å². The molecule has 1 fully saturated rings. The van der Waals surface area contributed by atoms with Crippen LogP contribution in [-0.2, 0) is 4.65 Å². The van der Waals surface area contributed by atoms with E-state index in [1.807, 2.05) is 19.1 Å². The Kier molecular flexibility index (Phi) is 2.89. The molecule has 0 amide bonds. The zero-order chi connectivity index (χ0) is 9.97. The third kappa shape index (κ3) is 2.17. The molecule has 0 unspecified atom stereocenters. The molecule has 0 saturated heterocycles. The van der Waals surface area contributed by atoms with E-state index in [-0.39, 0.29) is 0 Å². The van der Waals surface area contributed by atoms with Gasteiger partial charge in [-0.15, -0.1) is 0 Å². The topological polar surface area (TPSA) is 29.5 Å². The molecule has 1 aliphatic carbocycles. The average Bonchev–Trinajstić information content (AvgIpc) is 3.02. The summed E-state index contributed by atoms with van der Waals surface area (Å²) in [5, 5.41) is 9.54. The fourth-order valence-electron chi connectivity index (χ4n) is 1.60. The molecule has 0 radical (unpaired) electrons. The van der Waals surface area contributed by atoms with Crippen LogP contribution >= 0.6 is 0 Å². The summed E-state index contributed by atoms with van der Waals surface area (Å²) >= 11 is 0. The molecule has 0 spiro atoms. The van der Waals surface area contributed by atoms with Gasteiger partial charge in [-0.2, -0.15) is 0 Å². The number of hydrogen-bond donors (Lipinski definition) is 1. The summed E-state index contributed by atoms with van der Waals surface area (Å²) in [6.45, 7) is 2.41. The summed E-state index contributed by atoms with van der Waals surface area (Å²) < 4.78 is 5.10. The Morgan fingerprint density at radius 1 is 1.36 bits per heavy atom. The third-order valence-corrected chi connectivity index (χ3v) is 2.59. The second kappa shape index (κ2) is 4.15. The van der Waals surface area contributed by atoms with Crippen molar-refractivity contribution in [3.63, 3.8) is 0 Å². The molecule has 0 heterocycles. The minimum atomic E-state index is -0.770. The maximum absolute atomic E-state index is 9.54. The van der Waals surface area contributed by atoms with Crippen LogP contribution in [0.4, 0.5) is 0 Å². The second-order valence-corrected chi connectivity index (χ2v) is 3.75. The predicted octanol–water partition coefficient (Wildman–Crippen LogP) is 1.29. The zero-order valence-electron chi connectivity index (χ0n) is 8.44. The Morgan fingerprint density at radius 2 is 2.00 bits per heavy atom. The highest BCUT2D eigenvalue weighted by Gasteiger charge is 2.24. The van der Waals surface area contributed by atoms with E-state index in [0.717, 1.165) is 11.4 Å². The molecule has 0 aliphatic heterocycles. The van der Waals surface area contributed by atoms with Crippen LogP contribution in [0.25, 0.3) is 0 Å². The van der Waals surface area contributed by atoms with Gasteiger partial charge in [0, 0.05) is 6.61 Å². The molecule has 2 nitrogen and oxygen atoms in total. The summed E-state index contributed by atoms with van der Waals surface area (Å²) in [6.07, 6.45) is 2.63. The smallest absolute Gasteiger partial charge is 0.423 e. The third-order valence-electron chi connectivity index (χ3n) is 2.59. The molecular weight excluding hydrogens is 175 g/mol. The first-order chi connectivity index (χ1) is 6.81. The maximum atomic E-state index is 9.54. The SMILES string of the molecule is CCOB(O)c1ccc(C2CC2)cc1. The molecule has 3 heteroatoms. The first-order valence-electron chi connectivity index (χ1n) is 5.20. The van der Waals surface area contributed by atoms with Crippen molar-refractivity contribution in [2.75, 3.05) is 6.61 Å². The highest BCUT2D eigenvalue weighted by molar-refractivity contribution is 6.59. The Hall–Kier alpha value is -0.795. The number of benzene rings is 1. The van der Waals surface area contributed by atoms with E-state index in [4.69, 9.17) is 4.65 Å². The summed E-state index contributed by atoms with van der Waals surface area (Å²) in [4.78, 5) is 0. The van der Waals surface area contributed by atoms with Crippen LogP contribution in [0, 0.1) is 0 Å². The lowest BCUT2D eigenvalue weighted by molar-refractivity contribution is 0.287. The molecule has 1 aromatic carbocycles. The van der Waals surface area contributed by atoms with Crippen molar-refractivity contribution in [3.8, 4) is 0 Å². The van der Waals surface area contributed by atoms with E-state index >= 15 is 0 Å². The minimum absolute atomic E-state index is 0.533. The van der Waals surface area contributed by atoms with Gasteiger partial charge < -0.3 is 9.68 Å². The van der Waals surface area contributed by atoms with E-state index < -0.39 is 7.12 Å². The van der Waals surface area contributed by atoms with Crippen molar-refractivity contribution in [1.82, 2.24) is 0 Å². The largest absolute Gasteiger partial charge is 0.491 e. The first-order valence-corrected chi connectivity index (χ1v) is 5.20. The molecule has 1 saturated carbocycles. The van der Waals surface area contributed by atoms with E-state index in [1.165, 1.54) is 18.4 Å². The lowest BCUT2D eigenvalue weighted by Gasteiger charge is -2.06. The van der Waals surface area contributed by atoms with Gasteiger partial charge in [-0.1, -0.05) is 24.3 Å². The lowest BCUT2D eigenvalue weighted by atomic mass is 9.79. The highest BCUT2D eigenvalue weighted by Crippen LogP contribution is 2.39. The van der Waals surface area contributed by atoms with E-state index in [9.17, 15) is 5.02 Å². The average molecular weight is 190 g/mol. The van der Waals surface area contributed by atoms with Gasteiger partial charge in [-0.25, -0.2) is 0 Å². The quantitative estimate of drug-likeness (QED) is 0.724. The van der Waals surface area contributed by atoms with E-state index in [1.54, 1.807) is 0 Å². The molecule has 0 bridgehead atoms. The van der Waals surface area contributed by atoms with Gasteiger partial charge in [-0.3, -0.25) is 0 Å². The van der Waals surface area contributed by atoms with Crippen LogP contribution in [-0.4, -0.2) is 18.7 Å². The second-order valence-electron chi connectivity index (χ2n) is 3.75. The van der Waals surface area contributed by atoms with Crippen LogP contribution in [0.2, 0.25) is 0 Å². The van der Waals surface area contributed by atoms with Crippen molar-refractivity contribution in [1.29, 1.82) is 0 Å². The fraction of sp³-hybridized carbons (Fsp3) is 0.455. The van der Waals surface area contributed by atoms with Gasteiger partial charge in [-0.05, 0) is 36.7 Å². The monoisotopic (exact) mass is 190 g/mol. The molecule has 1 aromatic rings. The molecule has 0 aromatic heterocycles. The van der Waals surface area contributed by atoms with Gasteiger partial charge in [0.1, 0.15) is 0 Å². The van der Waals surface area contributed by atoms with Crippen LogP contribution in [0.3, 0.4) is 0 Å². The highest BCUT2D eigenvalue weighted by atomic mass is 16.5. The summed E-state index contributed by atoms with van der Waals surface area (Å²) in [5.74, 6) is 0.772. The predicted molar refractivity (Wildman–Crippen MR) is 57.6 cm³/mol. The normalized spacial score (nSPS) is 15.6. The number of hydrogen-bond acceptors (Lipinski definition) is 2. The Balaban J connectivity index is 2.04. The van der Waals surface area contributed by atoms with Crippen molar-refractivity contribution < 1.29 is 9.68 Å². The van der Waals surface area contributed by atoms with Crippen LogP contribution in [0.1, 0.15) is 31.2 Å². The fourth-order valence-corrected chi connectivity index (χ4v) is 1.60. The Bertz CT molecular complexity index is 293.